The van der Waals surface area contributed by atoms with Crippen molar-refractivity contribution in [3.63, 3.8) is 0 Å². The van der Waals surface area contributed by atoms with E-state index in [1.165, 1.54) is 57.9 Å². The average molecular weight is 543 g/mol. The molecule has 2 N–H and O–H groups in total. The Hall–Kier alpha value is -2.45. The van der Waals surface area contributed by atoms with Crippen LogP contribution in [0, 0.1) is 17.8 Å². The average Bonchev–Trinajstić information content (AvgIpc) is 3.70. The lowest BCUT2D eigenvalue weighted by Gasteiger charge is -2.13. The first-order valence-corrected chi connectivity index (χ1v) is 15.7. The van der Waals surface area contributed by atoms with E-state index in [1.807, 2.05) is 35.9 Å². The molecule has 1 saturated heterocycles. The fourth-order valence-corrected chi connectivity index (χ4v) is 9.37. The van der Waals surface area contributed by atoms with Crippen molar-refractivity contribution in [2.45, 2.75) is 51.5 Å². The normalized spacial score (nSPS) is 22.6. The summed E-state index contributed by atoms with van der Waals surface area (Å²) in [6.07, 6.45) is 10.9. The molecule has 1 unspecified atom stereocenters. The third-order valence-electron chi connectivity index (χ3n) is 8.79. The molecule has 4 aromatic rings. The second-order valence-corrected chi connectivity index (χ2v) is 13.5. The van der Waals surface area contributed by atoms with Gasteiger partial charge in [-0.1, -0.05) is 12.5 Å². The summed E-state index contributed by atoms with van der Waals surface area (Å²) in [5.41, 5.74) is 6.01. The number of nitrogens with one attached hydrogen (secondary N) is 2. The van der Waals surface area contributed by atoms with Crippen molar-refractivity contribution in [1.82, 2.24) is 20.6 Å². The first kappa shape index (κ1) is 24.6. The van der Waals surface area contributed by atoms with Gasteiger partial charge in [0.15, 0.2) is 0 Å². The summed E-state index contributed by atoms with van der Waals surface area (Å²) in [5, 5.41) is 8.13. The van der Waals surface area contributed by atoms with E-state index >= 15 is 0 Å². The molecular weight excluding hydrogens is 509 g/mol. The van der Waals surface area contributed by atoms with Crippen LogP contribution in [0.1, 0.15) is 47.4 Å². The molecule has 5 heterocycles. The fraction of sp³-hybridized carbons (Fsp3) is 0.452. The number of aromatic nitrogens is 2. The van der Waals surface area contributed by atoms with Crippen molar-refractivity contribution >= 4 is 38.7 Å². The number of thiophene rings is 1. The molecule has 3 aromatic heterocycles. The monoisotopic (exact) mass is 542 g/mol. The molecule has 7 rings (SSSR count). The van der Waals surface area contributed by atoms with Gasteiger partial charge in [-0.05, 0) is 104 Å². The Balaban J connectivity index is 1.10. The van der Waals surface area contributed by atoms with Crippen molar-refractivity contribution < 1.29 is 4.79 Å². The maximum Gasteiger partial charge on any atom is 0.138 e. The smallest absolute Gasteiger partial charge is 0.138 e. The molecule has 196 valence electrons. The highest BCUT2D eigenvalue weighted by molar-refractivity contribution is 7.22. The predicted octanol–water partition coefficient (Wildman–Crippen LogP) is 6.26. The predicted molar refractivity (Wildman–Crippen MR) is 157 cm³/mol. The van der Waals surface area contributed by atoms with E-state index in [9.17, 15) is 4.79 Å². The van der Waals surface area contributed by atoms with E-state index < -0.39 is 0 Å². The summed E-state index contributed by atoms with van der Waals surface area (Å²) >= 11 is 3.60. The summed E-state index contributed by atoms with van der Waals surface area (Å²) in [7, 11) is 0. The van der Waals surface area contributed by atoms with Crippen LogP contribution in [0.4, 0.5) is 0 Å². The molecule has 1 aromatic carbocycles. The topological polar surface area (TPSA) is 66.9 Å². The van der Waals surface area contributed by atoms with Crippen LogP contribution < -0.4 is 10.6 Å². The van der Waals surface area contributed by atoms with Crippen molar-refractivity contribution in [3.8, 4) is 21.7 Å². The van der Waals surface area contributed by atoms with Gasteiger partial charge in [-0.25, -0.2) is 4.98 Å². The molecule has 1 aliphatic carbocycles. The van der Waals surface area contributed by atoms with Gasteiger partial charge >= 0.3 is 0 Å². The fourth-order valence-electron chi connectivity index (χ4n) is 6.91. The van der Waals surface area contributed by atoms with E-state index in [4.69, 9.17) is 4.98 Å². The van der Waals surface area contributed by atoms with E-state index in [0.717, 1.165) is 65.3 Å². The maximum absolute atomic E-state index is 13.2. The molecule has 1 saturated carbocycles. The van der Waals surface area contributed by atoms with Crippen LogP contribution in [-0.2, 0) is 24.2 Å². The minimum atomic E-state index is 0.388. The molecule has 0 spiro atoms. The number of hydrogen-bond donors (Lipinski definition) is 2. The molecule has 3 atom stereocenters. The zero-order valence-electron chi connectivity index (χ0n) is 21.7. The molecule has 0 amide bonds. The van der Waals surface area contributed by atoms with Crippen molar-refractivity contribution in [3.05, 3.63) is 58.0 Å². The van der Waals surface area contributed by atoms with Gasteiger partial charge in [0.2, 0.25) is 0 Å². The van der Waals surface area contributed by atoms with Crippen LogP contribution in [0.25, 0.3) is 31.9 Å². The number of benzene rings is 1. The van der Waals surface area contributed by atoms with Gasteiger partial charge in [0.25, 0.3) is 0 Å². The first-order chi connectivity index (χ1) is 18.7. The lowest BCUT2D eigenvalue weighted by molar-refractivity contribution is -0.118. The van der Waals surface area contributed by atoms with Crippen molar-refractivity contribution in [2.75, 3.05) is 19.6 Å². The van der Waals surface area contributed by atoms with Crippen molar-refractivity contribution in [2.24, 2.45) is 17.8 Å². The lowest BCUT2D eigenvalue weighted by atomic mass is 9.96. The third kappa shape index (κ3) is 4.86. The maximum atomic E-state index is 13.2. The largest absolute Gasteiger partial charge is 0.316 e. The molecule has 38 heavy (non-hydrogen) atoms. The Bertz CT molecular complexity index is 1450. The summed E-state index contributed by atoms with van der Waals surface area (Å²) in [4.78, 5) is 25.1. The van der Waals surface area contributed by atoms with Gasteiger partial charge in [0, 0.05) is 47.1 Å². The molecule has 2 aliphatic heterocycles. The zero-order chi connectivity index (χ0) is 25.5. The van der Waals surface area contributed by atoms with Crippen molar-refractivity contribution in [1.29, 1.82) is 0 Å². The molecule has 3 aliphatic rings. The van der Waals surface area contributed by atoms with Gasteiger partial charge in [0.05, 0.1) is 10.2 Å². The van der Waals surface area contributed by atoms with E-state index in [1.54, 1.807) is 11.3 Å². The number of nitrogens with zero attached hydrogens (tertiary/aromatic N) is 2. The number of carbonyl (C=O) groups excluding carboxylic acids is 1. The van der Waals surface area contributed by atoms with Gasteiger partial charge in [0.1, 0.15) is 10.8 Å². The number of rotatable bonds is 8. The number of thiazole rings is 1. The number of ketones is 1. The Morgan fingerprint density at radius 3 is 2.68 bits per heavy atom. The third-order valence-corrected chi connectivity index (χ3v) is 11.1. The van der Waals surface area contributed by atoms with E-state index in [-0.39, 0.29) is 0 Å². The second kappa shape index (κ2) is 10.6. The molecule has 0 bridgehead atoms. The molecule has 5 nitrogen and oxygen atoms in total. The zero-order valence-corrected chi connectivity index (χ0v) is 23.3. The van der Waals surface area contributed by atoms with Gasteiger partial charge in [-0.15, -0.1) is 22.7 Å². The van der Waals surface area contributed by atoms with Crippen LogP contribution in [0.2, 0.25) is 0 Å². The number of carbonyl (C=O) groups is 1. The van der Waals surface area contributed by atoms with Crippen LogP contribution in [0.15, 0.2) is 42.7 Å². The SMILES string of the molecule is O=C(CCCC1C[C@H]2CNC[C@H]2C1)Cc1sc2c(c1-c1nc3cc(-c4ccncc4)ccc3s1)CCNC2. The highest BCUT2D eigenvalue weighted by Gasteiger charge is 2.36. The number of hydrogen-bond acceptors (Lipinski definition) is 7. The van der Waals surface area contributed by atoms with E-state index in [2.05, 4.69) is 33.8 Å². The summed E-state index contributed by atoms with van der Waals surface area (Å²) in [5.74, 6) is 2.99. The molecule has 0 radical (unpaired) electrons. The molecule has 2 fully saturated rings. The highest BCUT2D eigenvalue weighted by atomic mass is 32.1. The minimum absolute atomic E-state index is 0.388. The summed E-state index contributed by atoms with van der Waals surface area (Å²) in [6, 6.07) is 10.6. The Kier molecular flexibility index (Phi) is 6.86. The Morgan fingerprint density at radius 1 is 1.00 bits per heavy atom. The number of Topliss-reactive ketones (excluding diaryl/α,β-unsaturated/α-hetero) is 1. The Morgan fingerprint density at radius 2 is 1.84 bits per heavy atom. The van der Waals surface area contributed by atoms with Gasteiger partial charge in [-0.3, -0.25) is 9.78 Å². The van der Waals surface area contributed by atoms with Crippen LogP contribution in [0.5, 0.6) is 0 Å². The Labute approximate surface area is 232 Å². The second-order valence-electron chi connectivity index (χ2n) is 11.3. The van der Waals surface area contributed by atoms with Crippen LogP contribution >= 0.6 is 22.7 Å². The number of pyridine rings is 1. The minimum Gasteiger partial charge on any atom is -0.316 e. The number of fused-ring (bicyclic) bond motifs is 3. The highest BCUT2D eigenvalue weighted by Crippen LogP contribution is 2.43. The quantitative estimate of drug-likeness (QED) is 0.275. The van der Waals surface area contributed by atoms with Gasteiger partial charge in [-0.2, -0.15) is 0 Å². The van der Waals surface area contributed by atoms with Crippen LogP contribution in [0.3, 0.4) is 0 Å². The summed E-state index contributed by atoms with van der Waals surface area (Å²) < 4.78 is 1.19. The van der Waals surface area contributed by atoms with Gasteiger partial charge < -0.3 is 10.6 Å². The lowest BCUT2D eigenvalue weighted by Crippen LogP contribution is -2.22. The molecule has 7 heteroatoms. The van der Waals surface area contributed by atoms with E-state index in [0.29, 0.717) is 18.6 Å². The first-order valence-electron chi connectivity index (χ1n) is 14.1. The standard InChI is InChI=1S/C31H34N4OS2/c36-24(3-1-2-19-12-22-16-34-17-23(22)13-19)15-28-30(25-8-11-33-18-29(25)37-28)31-35-26-14-21(4-5-27(26)38-31)20-6-9-32-10-7-20/h4-7,9-10,14,19,22-23,33-34H,1-3,8,11-13,15-18H2/t19?,22-,23+. The summed E-state index contributed by atoms with van der Waals surface area (Å²) in [6.45, 7) is 4.30. The van der Waals surface area contributed by atoms with Crippen LogP contribution in [-0.4, -0.2) is 35.4 Å². The molecular formula is C31H34N4OS2.